The van der Waals surface area contributed by atoms with Crippen LogP contribution in [-0.4, -0.2) is 10.8 Å². The number of carbonyl (C=O) groups is 1. The van der Waals surface area contributed by atoms with Crippen LogP contribution in [0.1, 0.15) is 44.0 Å². The van der Waals surface area contributed by atoms with E-state index in [9.17, 15) is 4.79 Å². The quantitative estimate of drug-likeness (QED) is 0.827. The van der Waals surface area contributed by atoms with Crippen molar-refractivity contribution in [3.8, 4) is 0 Å². The summed E-state index contributed by atoms with van der Waals surface area (Å²) in [5.74, 6) is 0.169. The lowest BCUT2D eigenvalue weighted by atomic mass is 9.98. The van der Waals surface area contributed by atoms with Crippen molar-refractivity contribution in [3.63, 3.8) is 0 Å². The van der Waals surface area contributed by atoms with Gasteiger partial charge in [0.25, 0.3) is 0 Å². The van der Waals surface area contributed by atoms with E-state index in [0.717, 1.165) is 22.5 Å². The molecule has 1 N–H and O–H groups in total. The molecule has 0 fully saturated rings. The van der Waals surface area contributed by atoms with Gasteiger partial charge >= 0.3 is 0 Å². The highest BCUT2D eigenvalue weighted by atomic mass is 16.1. The van der Waals surface area contributed by atoms with E-state index in [1.54, 1.807) is 0 Å². The van der Waals surface area contributed by atoms with Gasteiger partial charge in [0.05, 0.1) is 5.69 Å². The maximum atomic E-state index is 12.4. The van der Waals surface area contributed by atoms with Crippen LogP contribution in [0.3, 0.4) is 0 Å². The fourth-order valence-electron chi connectivity index (χ4n) is 2.37. The standard InChI is InChI=1S/C17H21NO/c1-10-6-7-11(2)15(8-10)9-16(19)17-13(4)12(3)14(5)18-17/h6-8,18H,9H2,1-5H3. The van der Waals surface area contributed by atoms with Crippen molar-refractivity contribution in [2.45, 2.75) is 41.0 Å². The van der Waals surface area contributed by atoms with Crippen LogP contribution in [0.5, 0.6) is 0 Å². The van der Waals surface area contributed by atoms with Crippen LogP contribution >= 0.6 is 0 Å². The largest absolute Gasteiger partial charge is 0.356 e. The minimum absolute atomic E-state index is 0.169. The number of aromatic amines is 1. The number of hydrogen-bond donors (Lipinski definition) is 1. The van der Waals surface area contributed by atoms with Gasteiger partial charge < -0.3 is 4.98 Å². The minimum atomic E-state index is 0.169. The van der Waals surface area contributed by atoms with Gasteiger partial charge in [-0.05, 0) is 56.9 Å². The van der Waals surface area contributed by atoms with Gasteiger partial charge in [0.2, 0.25) is 0 Å². The first-order chi connectivity index (χ1) is 8.90. The fraction of sp³-hybridized carbons (Fsp3) is 0.353. The van der Waals surface area contributed by atoms with E-state index in [2.05, 4.69) is 44.0 Å². The molecule has 0 unspecified atom stereocenters. The molecule has 1 aromatic carbocycles. The van der Waals surface area contributed by atoms with Crippen molar-refractivity contribution in [1.82, 2.24) is 4.98 Å². The number of ketones is 1. The third kappa shape index (κ3) is 2.62. The first-order valence-electron chi connectivity index (χ1n) is 6.65. The molecular weight excluding hydrogens is 234 g/mol. The van der Waals surface area contributed by atoms with Gasteiger partial charge in [-0.25, -0.2) is 0 Å². The van der Waals surface area contributed by atoms with E-state index in [4.69, 9.17) is 0 Å². The molecule has 2 heteroatoms. The van der Waals surface area contributed by atoms with Crippen LogP contribution in [0.15, 0.2) is 18.2 Å². The molecule has 0 saturated heterocycles. The number of benzene rings is 1. The van der Waals surface area contributed by atoms with Crippen molar-refractivity contribution in [2.75, 3.05) is 0 Å². The zero-order valence-corrected chi connectivity index (χ0v) is 12.3. The number of aryl methyl sites for hydroxylation is 3. The molecule has 0 radical (unpaired) electrons. The molecule has 1 heterocycles. The predicted octanol–water partition coefficient (Wildman–Crippen LogP) is 3.98. The number of rotatable bonds is 3. The van der Waals surface area contributed by atoms with E-state index in [1.807, 2.05) is 13.8 Å². The van der Waals surface area contributed by atoms with Gasteiger partial charge in [-0.2, -0.15) is 0 Å². The molecule has 19 heavy (non-hydrogen) atoms. The van der Waals surface area contributed by atoms with E-state index in [1.165, 1.54) is 16.7 Å². The smallest absolute Gasteiger partial charge is 0.183 e. The van der Waals surface area contributed by atoms with Gasteiger partial charge in [0.15, 0.2) is 5.78 Å². The highest BCUT2D eigenvalue weighted by Gasteiger charge is 2.16. The van der Waals surface area contributed by atoms with E-state index >= 15 is 0 Å². The maximum Gasteiger partial charge on any atom is 0.183 e. The van der Waals surface area contributed by atoms with Crippen molar-refractivity contribution in [2.24, 2.45) is 0 Å². The lowest BCUT2D eigenvalue weighted by Crippen LogP contribution is -2.07. The Morgan fingerprint density at radius 2 is 1.74 bits per heavy atom. The highest BCUT2D eigenvalue weighted by molar-refractivity contribution is 5.97. The molecule has 0 aliphatic rings. The summed E-state index contributed by atoms with van der Waals surface area (Å²) >= 11 is 0. The first-order valence-corrected chi connectivity index (χ1v) is 6.65. The molecule has 2 rings (SSSR count). The second-order valence-electron chi connectivity index (χ2n) is 5.40. The number of carbonyl (C=O) groups excluding carboxylic acids is 1. The summed E-state index contributed by atoms with van der Waals surface area (Å²) in [6.45, 7) is 10.2. The molecule has 100 valence electrons. The molecule has 0 aliphatic heterocycles. The lowest BCUT2D eigenvalue weighted by molar-refractivity contribution is 0.0988. The van der Waals surface area contributed by atoms with Crippen LogP contribution in [0, 0.1) is 34.6 Å². The van der Waals surface area contributed by atoms with Gasteiger partial charge in [-0.3, -0.25) is 4.79 Å². The Kier molecular flexibility index (Phi) is 3.61. The summed E-state index contributed by atoms with van der Waals surface area (Å²) in [5, 5.41) is 0. The van der Waals surface area contributed by atoms with Crippen molar-refractivity contribution < 1.29 is 4.79 Å². The van der Waals surface area contributed by atoms with Gasteiger partial charge in [0, 0.05) is 12.1 Å². The summed E-state index contributed by atoms with van der Waals surface area (Å²) < 4.78 is 0. The second kappa shape index (κ2) is 5.04. The molecule has 0 bridgehead atoms. The first kappa shape index (κ1) is 13.6. The molecule has 0 amide bonds. The number of nitrogens with one attached hydrogen (secondary N) is 1. The zero-order valence-electron chi connectivity index (χ0n) is 12.3. The molecule has 2 nitrogen and oxygen atoms in total. The van der Waals surface area contributed by atoms with Gasteiger partial charge in [-0.1, -0.05) is 23.8 Å². The van der Waals surface area contributed by atoms with Crippen molar-refractivity contribution in [3.05, 3.63) is 57.4 Å². The Morgan fingerprint density at radius 1 is 1.05 bits per heavy atom. The SMILES string of the molecule is Cc1ccc(C)c(CC(=O)c2[nH]c(C)c(C)c2C)c1. The average Bonchev–Trinajstić information content (AvgIpc) is 2.62. The lowest BCUT2D eigenvalue weighted by Gasteiger charge is -2.06. The molecule has 0 saturated carbocycles. The van der Waals surface area contributed by atoms with Gasteiger partial charge in [0.1, 0.15) is 0 Å². The number of Topliss-reactive ketones (excluding diaryl/α,β-unsaturated/α-hetero) is 1. The number of H-pyrrole nitrogens is 1. The normalized spacial score (nSPS) is 10.8. The summed E-state index contributed by atoms with van der Waals surface area (Å²) in [7, 11) is 0. The third-order valence-corrected chi connectivity index (χ3v) is 3.95. The minimum Gasteiger partial charge on any atom is -0.356 e. The maximum absolute atomic E-state index is 12.4. The summed E-state index contributed by atoms with van der Waals surface area (Å²) in [6, 6.07) is 6.26. The molecule has 1 aromatic heterocycles. The topological polar surface area (TPSA) is 32.9 Å². The Bertz CT molecular complexity index is 635. The van der Waals surface area contributed by atoms with Crippen LogP contribution < -0.4 is 0 Å². The molecule has 0 spiro atoms. The molecule has 0 aliphatic carbocycles. The van der Waals surface area contributed by atoms with Crippen LogP contribution in [-0.2, 0) is 6.42 Å². The Balaban J connectivity index is 2.30. The van der Waals surface area contributed by atoms with Crippen LogP contribution in [0.2, 0.25) is 0 Å². The predicted molar refractivity (Wildman–Crippen MR) is 79.0 cm³/mol. The molecule has 0 atom stereocenters. The summed E-state index contributed by atoms with van der Waals surface area (Å²) in [4.78, 5) is 15.6. The van der Waals surface area contributed by atoms with Crippen molar-refractivity contribution in [1.29, 1.82) is 0 Å². The van der Waals surface area contributed by atoms with Crippen LogP contribution in [0.25, 0.3) is 0 Å². The summed E-state index contributed by atoms with van der Waals surface area (Å²) in [5.41, 5.74) is 7.60. The zero-order chi connectivity index (χ0) is 14.2. The van der Waals surface area contributed by atoms with Gasteiger partial charge in [-0.15, -0.1) is 0 Å². The Morgan fingerprint density at radius 3 is 2.32 bits per heavy atom. The van der Waals surface area contributed by atoms with E-state index in [0.29, 0.717) is 6.42 Å². The number of aromatic nitrogens is 1. The van der Waals surface area contributed by atoms with E-state index in [-0.39, 0.29) is 5.78 Å². The van der Waals surface area contributed by atoms with Crippen LogP contribution in [0.4, 0.5) is 0 Å². The average molecular weight is 255 g/mol. The monoisotopic (exact) mass is 255 g/mol. The second-order valence-corrected chi connectivity index (χ2v) is 5.40. The van der Waals surface area contributed by atoms with Crippen molar-refractivity contribution >= 4 is 5.78 Å². The third-order valence-electron chi connectivity index (χ3n) is 3.95. The summed E-state index contributed by atoms with van der Waals surface area (Å²) in [6.07, 6.45) is 0.466. The van der Waals surface area contributed by atoms with E-state index < -0.39 is 0 Å². The fourth-order valence-corrected chi connectivity index (χ4v) is 2.37. The highest BCUT2D eigenvalue weighted by Crippen LogP contribution is 2.19. The molecule has 2 aromatic rings. The number of hydrogen-bond acceptors (Lipinski definition) is 1. The Labute approximate surface area is 114 Å². The molecular formula is C17H21NO. The Hall–Kier alpha value is -1.83.